The lowest BCUT2D eigenvalue weighted by Crippen LogP contribution is -2.16. The first kappa shape index (κ1) is 20.1. The lowest BCUT2D eigenvalue weighted by Gasteiger charge is -2.09. The Hall–Kier alpha value is -2.66. The third-order valence-corrected chi connectivity index (χ3v) is 5.93. The summed E-state index contributed by atoms with van der Waals surface area (Å²) in [5.41, 5.74) is 4.57. The molecule has 0 fully saturated rings. The molecule has 0 N–H and O–H groups in total. The minimum absolute atomic E-state index is 0.159. The summed E-state index contributed by atoms with van der Waals surface area (Å²) in [6, 6.07) is 13.8. The van der Waals surface area contributed by atoms with E-state index in [1.807, 2.05) is 51.1 Å². The van der Waals surface area contributed by atoms with Crippen LogP contribution in [0.25, 0.3) is 0 Å². The van der Waals surface area contributed by atoms with E-state index in [0.717, 1.165) is 35.5 Å². The summed E-state index contributed by atoms with van der Waals surface area (Å²) in [6.45, 7) is 6.52. The SMILES string of the molecule is Cc1ccccc1CC(=O)OCC(=O)c1cc(C)n(CCc2cccs2)c1C. The average Bonchev–Trinajstić information content (AvgIpc) is 3.28. The van der Waals surface area contributed by atoms with Crippen LogP contribution >= 0.6 is 11.3 Å². The molecule has 4 nitrogen and oxygen atoms in total. The fourth-order valence-corrected chi connectivity index (χ4v) is 4.04. The Labute approximate surface area is 169 Å². The molecule has 146 valence electrons. The van der Waals surface area contributed by atoms with Crippen LogP contribution in [0.15, 0.2) is 47.8 Å². The minimum Gasteiger partial charge on any atom is -0.457 e. The molecule has 5 heteroatoms. The molecule has 0 aliphatic rings. The second-order valence-electron chi connectivity index (χ2n) is 6.95. The molecule has 28 heavy (non-hydrogen) atoms. The van der Waals surface area contributed by atoms with Gasteiger partial charge in [0.25, 0.3) is 0 Å². The smallest absolute Gasteiger partial charge is 0.310 e. The number of rotatable bonds is 8. The molecule has 0 unspecified atom stereocenters. The number of carbonyl (C=O) groups excluding carboxylic acids is 2. The van der Waals surface area contributed by atoms with E-state index in [1.54, 1.807) is 11.3 Å². The van der Waals surface area contributed by atoms with Gasteiger partial charge in [-0.15, -0.1) is 11.3 Å². The van der Waals surface area contributed by atoms with Gasteiger partial charge in [-0.2, -0.15) is 0 Å². The van der Waals surface area contributed by atoms with E-state index in [-0.39, 0.29) is 24.8 Å². The fourth-order valence-electron chi connectivity index (χ4n) is 3.34. The molecule has 0 saturated heterocycles. The molecule has 0 bridgehead atoms. The van der Waals surface area contributed by atoms with Gasteiger partial charge >= 0.3 is 5.97 Å². The third kappa shape index (κ3) is 4.78. The van der Waals surface area contributed by atoms with E-state index in [9.17, 15) is 9.59 Å². The van der Waals surface area contributed by atoms with Crippen molar-refractivity contribution in [2.45, 2.75) is 40.2 Å². The van der Waals surface area contributed by atoms with Crippen molar-refractivity contribution in [2.24, 2.45) is 0 Å². The monoisotopic (exact) mass is 395 g/mol. The predicted molar refractivity (Wildman–Crippen MR) is 112 cm³/mol. The van der Waals surface area contributed by atoms with Gasteiger partial charge in [-0.1, -0.05) is 30.3 Å². The molecule has 2 heterocycles. The predicted octanol–water partition coefficient (Wildman–Crippen LogP) is 4.69. The third-order valence-electron chi connectivity index (χ3n) is 5.00. The van der Waals surface area contributed by atoms with Crippen LogP contribution in [0.3, 0.4) is 0 Å². The molecular weight excluding hydrogens is 370 g/mol. The summed E-state index contributed by atoms with van der Waals surface area (Å²) in [4.78, 5) is 26.0. The number of nitrogens with zero attached hydrogens (tertiary/aromatic N) is 1. The fraction of sp³-hybridized carbons (Fsp3) is 0.304. The van der Waals surface area contributed by atoms with Gasteiger partial charge in [-0.25, -0.2) is 0 Å². The van der Waals surface area contributed by atoms with E-state index in [0.29, 0.717) is 5.56 Å². The summed E-state index contributed by atoms with van der Waals surface area (Å²) in [5, 5.41) is 2.07. The highest BCUT2D eigenvalue weighted by atomic mass is 32.1. The molecule has 1 aromatic carbocycles. The van der Waals surface area contributed by atoms with E-state index in [1.165, 1.54) is 4.88 Å². The second-order valence-corrected chi connectivity index (χ2v) is 7.99. The lowest BCUT2D eigenvalue weighted by molar-refractivity contribution is -0.141. The number of Topliss-reactive ketones (excluding diaryl/α,β-unsaturated/α-hetero) is 1. The molecule has 3 rings (SSSR count). The minimum atomic E-state index is -0.380. The standard InChI is InChI=1S/C23H25NO3S/c1-16-7-4-5-8-19(16)14-23(26)27-15-22(25)21-13-17(2)24(18(21)3)11-10-20-9-6-12-28-20/h4-9,12-13H,10-11,14-15H2,1-3H3. The summed E-state index contributed by atoms with van der Waals surface area (Å²) >= 11 is 1.74. The molecule has 0 radical (unpaired) electrons. The van der Waals surface area contributed by atoms with Gasteiger partial charge < -0.3 is 9.30 Å². The zero-order chi connectivity index (χ0) is 20.1. The number of esters is 1. The molecule has 0 saturated carbocycles. The maximum atomic E-state index is 12.6. The van der Waals surface area contributed by atoms with Crippen molar-refractivity contribution in [1.82, 2.24) is 4.57 Å². The van der Waals surface area contributed by atoms with Crippen LogP contribution in [0, 0.1) is 20.8 Å². The van der Waals surface area contributed by atoms with Gasteiger partial charge in [0.05, 0.1) is 6.42 Å². The van der Waals surface area contributed by atoms with Crippen LogP contribution in [-0.4, -0.2) is 22.9 Å². The molecule has 0 amide bonds. The number of ether oxygens (including phenoxy) is 1. The van der Waals surface area contributed by atoms with Gasteiger partial charge in [-0.05, 0) is 55.8 Å². The number of aromatic nitrogens is 1. The Morgan fingerprint density at radius 2 is 1.86 bits per heavy atom. The number of ketones is 1. The van der Waals surface area contributed by atoms with Crippen LogP contribution in [-0.2, 0) is 28.9 Å². The van der Waals surface area contributed by atoms with Crippen LogP contribution in [0.5, 0.6) is 0 Å². The van der Waals surface area contributed by atoms with Gasteiger partial charge in [0.2, 0.25) is 5.78 Å². The molecule has 0 atom stereocenters. The molecule has 0 spiro atoms. The summed E-state index contributed by atoms with van der Waals surface area (Å²) in [7, 11) is 0. The zero-order valence-electron chi connectivity index (χ0n) is 16.5. The molecule has 0 aliphatic carbocycles. The molecule has 2 aromatic heterocycles. The first-order valence-electron chi connectivity index (χ1n) is 9.38. The van der Waals surface area contributed by atoms with Crippen molar-refractivity contribution in [3.63, 3.8) is 0 Å². The Morgan fingerprint density at radius 3 is 2.57 bits per heavy atom. The second kappa shape index (κ2) is 9.02. The number of aryl methyl sites for hydroxylation is 3. The van der Waals surface area contributed by atoms with Crippen LogP contribution in [0.4, 0.5) is 0 Å². The van der Waals surface area contributed by atoms with Gasteiger partial charge in [0.15, 0.2) is 6.61 Å². The lowest BCUT2D eigenvalue weighted by atomic mass is 10.1. The summed E-state index contributed by atoms with van der Waals surface area (Å²) in [6.07, 6.45) is 1.12. The Balaban J connectivity index is 1.59. The van der Waals surface area contributed by atoms with E-state index < -0.39 is 0 Å². The largest absolute Gasteiger partial charge is 0.457 e. The number of hydrogen-bond donors (Lipinski definition) is 0. The quantitative estimate of drug-likeness (QED) is 0.411. The highest BCUT2D eigenvalue weighted by Gasteiger charge is 2.17. The normalized spacial score (nSPS) is 10.8. The first-order valence-corrected chi connectivity index (χ1v) is 10.3. The van der Waals surface area contributed by atoms with Crippen LogP contribution < -0.4 is 0 Å². The van der Waals surface area contributed by atoms with Crippen molar-refractivity contribution < 1.29 is 14.3 Å². The number of benzene rings is 1. The number of hydrogen-bond acceptors (Lipinski definition) is 4. The molecule has 0 aliphatic heterocycles. The summed E-state index contributed by atoms with van der Waals surface area (Å²) < 4.78 is 7.40. The van der Waals surface area contributed by atoms with Crippen molar-refractivity contribution >= 4 is 23.1 Å². The maximum Gasteiger partial charge on any atom is 0.310 e. The van der Waals surface area contributed by atoms with Crippen molar-refractivity contribution in [2.75, 3.05) is 6.61 Å². The Kier molecular flexibility index (Phi) is 6.47. The first-order chi connectivity index (χ1) is 13.5. The van der Waals surface area contributed by atoms with Gasteiger partial charge in [0, 0.05) is 28.4 Å². The number of thiophene rings is 1. The highest BCUT2D eigenvalue weighted by molar-refractivity contribution is 7.09. The topological polar surface area (TPSA) is 48.3 Å². The average molecular weight is 396 g/mol. The van der Waals surface area contributed by atoms with Gasteiger partial charge in [-0.3, -0.25) is 9.59 Å². The zero-order valence-corrected chi connectivity index (χ0v) is 17.3. The van der Waals surface area contributed by atoms with Crippen molar-refractivity contribution in [3.05, 3.63) is 80.8 Å². The van der Waals surface area contributed by atoms with Gasteiger partial charge in [0.1, 0.15) is 0 Å². The van der Waals surface area contributed by atoms with Crippen LogP contribution in [0.1, 0.15) is 37.7 Å². The van der Waals surface area contributed by atoms with E-state index in [2.05, 4.69) is 22.1 Å². The Morgan fingerprint density at radius 1 is 1.07 bits per heavy atom. The van der Waals surface area contributed by atoms with E-state index >= 15 is 0 Å². The van der Waals surface area contributed by atoms with E-state index in [4.69, 9.17) is 4.74 Å². The molecular formula is C23H25NO3S. The Bertz CT molecular complexity index is 970. The molecule has 3 aromatic rings. The van der Waals surface area contributed by atoms with Crippen molar-refractivity contribution in [3.8, 4) is 0 Å². The van der Waals surface area contributed by atoms with Crippen molar-refractivity contribution in [1.29, 1.82) is 0 Å². The summed E-state index contributed by atoms with van der Waals surface area (Å²) in [5.74, 6) is -0.539. The van der Waals surface area contributed by atoms with Crippen LogP contribution in [0.2, 0.25) is 0 Å². The number of carbonyl (C=O) groups is 2. The highest BCUT2D eigenvalue weighted by Crippen LogP contribution is 2.18. The maximum absolute atomic E-state index is 12.6.